The van der Waals surface area contributed by atoms with Gasteiger partial charge in [-0.3, -0.25) is 4.79 Å². The standard InChI is InChI=1S/C17H25NO6S/c1-11-9-15(24-8-6-7-13(3)19)10-12(2)16(11)25(21,22)18-14(4)17(20)23-5/h9-10,14,18H,6-8H2,1-5H3. The minimum absolute atomic E-state index is 0.100. The van der Waals surface area contributed by atoms with E-state index in [4.69, 9.17) is 4.74 Å². The molecule has 0 aromatic heterocycles. The summed E-state index contributed by atoms with van der Waals surface area (Å²) in [5.74, 6) is -0.0222. The van der Waals surface area contributed by atoms with Crippen LogP contribution in [0, 0.1) is 13.8 Å². The predicted octanol–water partition coefficient (Wildman–Crippen LogP) is 1.89. The van der Waals surface area contributed by atoms with Gasteiger partial charge in [0.05, 0.1) is 18.6 Å². The van der Waals surface area contributed by atoms with E-state index in [1.165, 1.54) is 21.0 Å². The molecule has 0 bridgehead atoms. The maximum absolute atomic E-state index is 12.6. The second kappa shape index (κ2) is 8.96. The number of hydrogen-bond donors (Lipinski definition) is 1. The van der Waals surface area contributed by atoms with Crippen molar-refractivity contribution < 1.29 is 27.5 Å². The predicted molar refractivity (Wildman–Crippen MR) is 93.1 cm³/mol. The van der Waals surface area contributed by atoms with E-state index in [-0.39, 0.29) is 10.7 Å². The quantitative estimate of drug-likeness (QED) is 0.526. The van der Waals surface area contributed by atoms with Gasteiger partial charge in [-0.25, -0.2) is 8.42 Å². The number of ketones is 1. The van der Waals surface area contributed by atoms with E-state index >= 15 is 0 Å². The first kappa shape index (κ1) is 21.1. The Labute approximate surface area is 148 Å². The number of methoxy groups -OCH3 is 1. The summed E-state index contributed by atoms with van der Waals surface area (Å²) in [4.78, 5) is 22.5. The number of sulfonamides is 1. The highest BCUT2D eigenvalue weighted by atomic mass is 32.2. The second-order valence-corrected chi connectivity index (χ2v) is 7.56. The van der Waals surface area contributed by atoms with Crippen molar-refractivity contribution >= 4 is 21.8 Å². The summed E-state index contributed by atoms with van der Waals surface area (Å²) >= 11 is 0. The Hall–Kier alpha value is -1.93. The van der Waals surface area contributed by atoms with Gasteiger partial charge in [0.2, 0.25) is 10.0 Å². The molecular formula is C17H25NO6S. The Morgan fingerprint density at radius 1 is 1.20 bits per heavy atom. The van der Waals surface area contributed by atoms with Crippen LogP contribution in [-0.4, -0.2) is 39.9 Å². The molecule has 0 saturated heterocycles. The van der Waals surface area contributed by atoms with Crippen LogP contribution in [-0.2, 0) is 24.3 Å². The van der Waals surface area contributed by atoms with Crippen LogP contribution in [0.15, 0.2) is 17.0 Å². The van der Waals surface area contributed by atoms with Gasteiger partial charge in [-0.15, -0.1) is 0 Å². The summed E-state index contributed by atoms with van der Waals surface area (Å²) in [5, 5.41) is 0. The molecule has 0 radical (unpaired) electrons. The Morgan fingerprint density at radius 2 is 1.76 bits per heavy atom. The van der Waals surface area contributed by atoms with Crippen molar-refractivity contribution in [3.05, 3.63) is 23.3 Å². The number of ether oxygens (including phenoxy) is 2. The normalized spacial score (nSPS) is 12.5. The number of hydrogen-bond acceptors (Lipinski definition) is 6. The fourth-order valence-corrected chi connectivity index (χ4v) is 4.09. The minimum atomic E-state index is -3.88. The molecule has 1 rings (SSSR count). The van der Waals surface area contributed by atoms with Gasteiger partial charge in [0.15, 0.2) is 0 Å². The van der Waals surface area contributed by atoms with E-state index in [2.05, 4.69) is 9.46 Å². The van der Waals surface area contributed by atoms with Gasteiger partial charge in [0.25, 0.3) is 0 Å². The zero-order chi connectivity index (χ0) is 19.2. The topological polar surface area (TPSA) is 98.8 Å². The van der Waals surface area contributed by atoms with Gasteiger partial charge in [-0.05, 0) is 57.4 Å². The SMILES string of the molecule is COC(=O)C(C)NS(=O)(=O)c1c(C)cc(OCCCC(C)=O)cc1C. The molecule has 8 heteroatoms. The van der Waals surface area contributed by atoms with Gasteiger partial charge in [-0.1, -0.05) is 0 Å². The monoisotopic (exact) mass is 371 g/mol. The third kappa shape index (κ3) is 6.13. The Morgan fingerprint density at radius 3 is 2.24 bits per heavy atom. The highest BCUT2D eigenvalue weighted by molar-refractivity contribution is 7.89. The van der Waals surface area contributed by atoms with Crippen molar-refractivity contribution in [2.45, 2.75) is 51.5 Å². The maximum Gasteiger partial charge on any atom is 0.323 e. The number of Topliss-reactive ketones (excluding diaryl/α,β-unsaturated/α-hetero) is 1. The third-order valence-corrected chi connectivity index (χ3v) is 5.38. The zero-order valence-electron chi connectivity index (χ0n) is 15.2. The lowest BCUT2D eigenvalue weighted by Gasteiger charge is -2.17. The molecule has 0 fully saturated rings. The molecule has 1 atom stereocenters. The van der Waals surface area contributed by atoms with Gasteiger partial charge >= 0.3 is 5.97 Å². The average molecular weight is 371 g/mol. The van der Waals surface area contributed by atoms with Gasteiger partial charge < -0.3 is 14.3 Å². The summed E-state index contributed by atoms with van der Waals surface area (Å²) in [6.07, 6.45) is 1.05. The molecule has 0 aliphatic rings. The van der Waals surface area contributed by atoms with Crippen LogP contribution in [0.2, 0.25) is 0 Å². The molecule has 140 valence electrons. The Bertz CT molecular complexity index is 719. The van der Waals surface area contributed by atoms with Crippen molar-refractivity contribution in [3.63, 3.8) is 0 Å². The molecule has 1 N–H and O–H groups in total. The Kier molecular flexibility index (Phi) is 7.57. The van der Waals surface area contributed by atoms with E-state index in [0.717, 1.165) is 0 Å². The highest BCUT2D eigenvalue weighted by Gasteiger charge is 2.26. The lowest BCUT2D eigenvalue weighted by Crippen LogP contribution is -2.39. The van der Waals surface area contributed by atoms with Crippen LogP contribution in [0.25, 0.3) is 0 Å². The molecule has 0 aliphatic heterocycles. The molecule has 0 saturated carbocycles. The van der Waals surface area contributed by atoms with Crippen LogP contribution < -0.4 is 9.46 Å². The first-order valence-corrected chi connectivity index (χ1v) is 9.40. The van der Waals surface area contributed by atoms with Crippen LogP contribution >= 0.6 is 0 Å². The van der Waals surface area contributed by atoms with Crippen molar-refractivity contribution in [2.24, 2.45) is 0 Å². The van der Waals surface area contributed by atoms with Gasteiger partial charge in [0.1, 0.15) is 17.6 Å². The number of aryl methyl sites for hydroxylation is 2. The summed E-state index contributed by atoms with van der Waals surface area (Å²) in [6.45, 7) is 6.64. The third-order valence-electron chi connectivity index (χ3n) is 3.53. The van der Waals surface area contributed by atoms with Crippen LogP contribution in [0.3, 0.4) is 0 Å². The fraction of sp³-hybridized carbons (Fsp3) is 0.529. The summed E-state index contributed by atoms with van der Waals surface area (Å²) in [5.41, 5.74) is 1.01. The zero-order valence-corrected chi connectivity index (χ0v) is 16.0. The Balaban J connectivity index is 2.94. The average Bonchev–Trinajstić information content (AvgIpc) is 2.49. The van der Waals surface area contributed by atoms with Gasteiger partial charge in [0, 0.05) is 6.42 Å². The number of benzene rings is 1. The number of carbonyl (C=O) groups excluding carboxylic acids is 2. The summed E-state index contributed by atoms with van der Waals surface area (Å²) in [6, 6.07) is 2.26. The van der Waals surface area contributed by atoms with Crippen LogP contribution in [0.5, 0.6) is 5.75 Å². The van der Waals surface area contributed by atoms with E-state index in [0.29, 0.717) is 36.3 Å². The first-order valence-electron chi connectivity index (χ1n) is 7.92. The smallest absolute Gasteiger partial charge is 0.323 e. The summed E-state index contributed by atoms with van der Waals surface area (Å²) < 4.78 is 37.5. The molecular weight excluding hydrogens is 346 g/mol. The molecule has 0 aliphatic carbocycles. The van der Waals surface area contributed by atoms with Crippen molar-refractivity contribution in [3.8, 4) is 5.75 Å². The molecule has 1 unspecified atom stereocenters. The highest BCUT2D eigenvalue weighted by Crippen LogP contribution is 2.26. The maximum atomic E-state index is 12.6. The molecule has 1 aromatic carbocycles. The molecule has 1 aromatic rings. The second-order valence-electron chi connectivity index (χ2n) is 5.91. The minimum Gasteiger partial charge on any atom is -0.494 e. The van der Waals surface area contributed by atoms with E-state index in [1.807, 2.05) is 0 Å². The fourth-order valence-electron chi connectivity index (χ4n) is 2.45. The van der Waals surface area contributed by atoms with E-state index in [1.54, 1.807) is 26.0 Å². The van der Waals surface area contributed by atoms with Crippen LogP contribution in [0.4, 0.5) is 0 Å². The summed E-state index contributed by atoms with van der Waals surface area (Å²) in [7, 11) is -2.68. The molecule has 0 spiro atoms. The number of nitrogens with one attached hydrogen (secondary N) is 1. The largest absolute Gasteiger partial charge is 0.494 e. The number of carbonyl (C=O) groups is 2. The lowest BCUT2D eigenvalue weighted by molar-refractivity contribution is -0.142. The van der Waals surface area contributed by atoms with E-state index < -0.39 is 22.0 Å². The van der Waals surface area contributed by atoms with Gasteiger partial charge in [-0.2, -0.15) is 4.72 Å². The molecule has 0 amide bonds. The molecule has 7 nitrogen and oxygen atoms in total. The molecule has 25 heavy (non-hydrogen) atoms. The van der Waals surface area contributed by atoms with Crippen LogP contribution in [0.1, 0.15) is 37.8 Å². The number of esters is 1. The molecule has 0 heterocycles. The lowest BCUT2D eigenvalue weighted by atomic mass is 10.1. The van der Waals surface area contributed by atoms with Crippen molar-refractivity contribution in [1.82, 2.24) is 4.72 Å². The van der Waals surface area contributed by atoms with E-state index in [9.17, 15) is 18.0 Å². The first-order chi connectivity index (χ1) is 11.6. The van der Waals surface area contributed by atoms with Crippen molar-refractivity contribution in [2.75, 3.05) is 13.7 Å². The number of rotatable bonds is 9. The van der Waals surface area contributed by atoms with Crippen molar-refractivity contribution in [1.29, 1.82) is 0 Å².